The van der Waals surface area contributed by atoms with E-state index in [-0.39, 0.29) is 11.9 Å². The summed E-state index contributed by atoms with van der Waals surface area (Å²) in [4.78, 5) is 33.1. The molecule has 1 fully saturated rings. The normalized spacial score (nSPS) is 14.5. The number of hydrogen-bond donors (Lipinski definition) is 1. The van der Waals surface area contributed by atoms with E-state index >= 15 is 0 Å². The number of aromatic nitrogens is 1. The number of urea groups is 1. The van der Waals surface area contributed by atoms with Gasteiger partial charge in [0.25, 0.3) is 0 Å². The molecule has 2 aromatic rings. The van der Waals surface area contributed by atoms with Crippen LogP contribution in [0.1, 0.15) is 29.1 Å². The van der Waals surface area contributed by atoms with Crippen molar-refractivity contribution in [3.8, 4) is 0 Å². The molecule has 0 atom stereocenters. The molecule has 0 spiro atoms. The number of nitrogens with one attached hydrogen (secondary N) is 1. The van der Waals surface area contributed by atoms with Gasteiger partial charge < -0.3 is 15.1 Å². The zero-order valence-corrected chi connectivity index (χ0v) is 15.3. The number of thiazole rings is 1. The van der Waals surface area contributed by atoms with Gasteiger partial charge in [-0.05, 0) is 38.0 Å². The monoisotopic (exact) mass is 358 g/mol. The lowest BCUT2D eigenvalue weighted by Crippen LogP contribution is -2.35. The molecular formula is C18H22N4O2S. The highest BCUT2D eigenvalue weighted by atomic mass is 32.1. The molecule has 0 aliphatic carbocycles. The third kappa shape index (κ3) is 4.36. The molecule has 1 N–H and O–H groups in total. The second kappa shape index (κ2) is 7.65. The average molecular weight is 358 g/mol. The number of amides is 3. The van der Waals surface area contributed by atoms with Crippen LogP contribution in [0.3, 0.4) is 0 Å². The highest BCUT2D eigenvalue weighted by Gasteiger charge is 2.20. The first-order valence-electron chi connectivity index (χ1n) is 8.37. The molecule has 1 aliphatic rings. The zero-order valence-electron chi connectivity index (χ0n) is 14.5. The molecule has 6 nitrogen and oxygen atoms in total. The van der Waals surface area contributed by atoms with Crippen molar-refractivity contribution in [1.82, 2.24) is 9.88 Å². The standard InChI is InChI=1S/C18H22N4O2S/c1-13-19-11-16(25-13)12-21(2)18(24)20-14-6-5-7-15(10-14)22-9-4-3-8-17(22)23/h5-7,10-11H,3-4,8-9,12H2,1-2H3,(H,20,24). The maximum absolute atomic E-state index is 12.4. The van der Waals surface area contributed by atoms with Crippen LogP contribution in [0.2, 0.25) is 0 Å². The molecular weight excluding hydrogens is 336 g/mol. The van der Waals surface area contributed by atoms with E-state index in [1.165, 1.54) is 0 Å². The van der Waals surface area contributed by atoms with Crippen molar-refractivity contribution >= 4 is 34.6 Å². The summed E-state index contributed by atoms with van der Waals surface area (Å²) in [6, 6.07) is 7.27. The second-order valence-electron chi connectivity index (χ2n) is 6.18. The predicted octanol–water partition coefficient (Wildman–Crippen LogP) is 3.63. The fourth-order valence-corrected chi connectivity index (χ4v) is 3.68. The lowest BCUT2D eigenvalue weighted by molar-refractivity contribution is -0.119. The third-order valence-electron chi connectivity index (χ3n) is 4.14. The van der Waals surface area contributed by atoms with Crippen molar-refractivity contribution in [1.29, 1.82) is 0 Å². The van der Waals surface area contributed by atoms with Gasteiger partial charge in [-0.15, -0.1) is 11.3 Å². The Morgan fingerprint density at radius 1 is 1.40 bits per heavy atom. The zero-order chi connectivity index (χ0) is 17.8. The number of nitrogens with zero attached hydrogens (tertiary/aromatic N) is 3. The summed E-state index contributed by atoms with van der Waals surface area (Å²) in [6.07, 6.45) is 4.35. The summed E-state index contributed by atoms with van der Waals surface area (Å²) in [6.45, 7) is 3.20. The molecule has 0 bridgehead atoms. The van der Waals surface area contributed by atoms with Crippen LogP contribution in [0, 0.1) is 6.92 Å². The predicted molar refractivity (Wildman–Crippen MR) is 100.0 cm³/mol. The van der Waals surface area contributed by atoms with E-state index in [0.29, 0.717) is 18.7 Å². The van der Waals surface area contributed by atoms with Crippen molar-refractivity contribution in [2.45, 2.75) is 32.7 Å². The Morgan fingerprint density at radius 3 is 2.96 bits per heavy atom. The molecule has 1 aromatic carbocycles. The molecule has 0 saturated carbocycles. The SMILES string of the molecule is Cc1ncc(CN(C)C(=O)Nc2cccc(N3CCCCC3=O)c2)s1. The Bertz CT molecular complexity index is 774. The van der Waals surface area contributed by atoms with Gasteiger partial charge in [0.05, 0.1) is 11.6 Å². The average Bonchev–Trinajstić information content (AvgIpc) is 3.00. The first kappa shape index (κ1) is 17.4. The molecule has 132 valence electrons. The highest BCUT2D eigenvalue weighted by Crippen LogP contribution is 2.24. The van der Waals surface area contributed by atoms with Gasteiger partial charge in [0.1, 0.15) is 0 Å². The van der Waals surface area contributed by atoms with E-state index in [4.69, 9.17) is 0 Å². The number of hydrogen-bond acceptors (Lipinski definition) is 4. The molecule has 1 aliphatic heterocycles. The molecule has 0 radical (unpaired) electrons. The maximum Gasteiger partial charge on any atom is 0.321 e. The van der Waals surface area contributed by atoms with Crippen molar-refractivity contribution in [2.24, 2.45) is 0 Å². The Kier molecular flexibility index (Phi) is 5.33. The largest absolute Gasteiger partial charge is 0.322 e. The highest BCUT2D eigenvalue weighted by molar-refractivity contribution is 7.11. The molecule has 2 heterocycles. The number of carbonyl (C=O) groups excluding carboxylic acids is 2. The van der Waals surface area contributed by atoms with Crippen LogP contribution < -0.4 is 10.2 Å². The van der Waals surface area contributed by atoms with Gasteiger partial charge in [-0.25, -0.2) is 9.78 Å². The first-order valence-corrected chi connectivity index (χ1v) is 9.18. The minimum Gasteiger partial charge on any atom is -0.322 e. The van der Waals surface area contributed by atoms with E-state index in [9.17, 15) is 9.59 Å². The Labute approximate surface area is 151 Å². The van der Waals surface area contributed by atoms with E-state index in [1.807, 2.05) is 31.2 Å². The fourth-order valence-electron chi connectivity index (χ4n) is 2.83. The summed E-state index contributed by atoms with van der Waals surface area (Å²) >= 11 is 1.58. The van der Waals surface area contributed by atoms with Crippen molar-refractivity contribution in [3.63, 3.8) is 0 Å². The molecule has 1 aromatic heterocycles. The quantitative estimate of drug-likeness (QED) is 0.907. The van der Waals surface area contributed by atoms with Gasteiger partial charge in [0, 0.05) is 42.5 Å². The van der Waals surface area contributed by atoms with Crippen LogP contribution >= 0.6 is 11.3 Å². The Balaban J connectivity index is 1.64. The minimum absolute atomic E-state index is 0.146. The van der Waals surface area contributed by atoms with Gasteiger partial charge in [0.2, 0.25) is 5.91 Å². The summed E-state index contributed by atoms with van der Waals surface area (Å²) in [5.74, 6) is 0.146. The topological polar surface area (TPSA) is 65.5 Å². The van der Waals surface area contributed by atoms with Crippen LogP contribution in [0.5, 0.6) is 0 Å². The summed E-state index contributed by atoms with van der Waals surface area (Å²) < 4.78 is 0. The first-order chi connectivity index (χ1) is 12.0. The van der Waals surface area contributed by atoms with E-state index in [2.05, 4.69) is 10.3 Å². The summed E-state index contributed by atoms with van der Waals surface area (Å²) in [5.41, 5.74) is 1.52. The minimum atomic E-state index is -0.187. The molecule has 0 unspecified atom stereocenters. The number of anilines is 2. The molecule has 25 heavy (non-hydrogen) atoms. The number of rotatable bonds is 4. The van der Waals surface area contributed by atoms with Crippen LogP contribution in [0.15, 0.2) is 30.5 Å². The molecule has 3 amide bonds. The third-order valence-corrected chi connectivity index (χ3v) is 5.04. The maximum atomic E-state index is 12.4. The van der Waals surface area contributed by atoms with Gasteiger partial charge in [-0.3, -0.25) is 4.79 Å². The number of benzene rings is 1. The summed E-state index contributed by atoms with van der Waals surface area (Å²) in [7, 11) is 1.75. The van der Waals surface area contributed by atoms with Crippen LogP contribution in [0.25, 0.3) is 0 Å². The molecule has 7 heteroatoms. The van der Waals surface area contributed by atoms with Crippen LogP contribution in [-0.4, -0.2) is 35.4 Å². The number of piperidine rings is 1. The van der Waals surface area contributed by atoms with Gasteiger partial charge >= 0.3 is 6.03 Å². The second-order valence-corrected chi connectivity index (χ2v) is 7.50. The number of aryl methyl sites for hydroxylation is 1. The Morgan fingerprint density at radius 2 is 2.24 bits per heavy atom. The van der Waals surface area contributed by atoms with Crippen molar-refractivity contribution in [3.05, 3.63) is 40.3 Å². The molecule has 3 rings (SSSR count). The van der Waals surface area contributed by atoms with E-state index in [0.717, 1.165) is 35.0 Å². The van der Waals surface area contributed by atoms with Crippen LogP contribution in [-0.2, 0) is 11.3 Å². The fraction of sp³-hybridized carbons (Fsp3) is 0.389. The van der Waals surface area contributed by atoms with Gasteiger partial charge in [-0.2, -0.15) is 0 Å². The Hall–Kier alpha value is -2.41. The number of carbonyl (C=O) groups is 2. The van der Waals surface area contributed by atoms with Gasteiger partial charge in [0.15, 0.2) is 0 Å². The lowest BCUT2D eigenvalue weighted by atomic mass is 10.1. The molecule has 1 saturated heterocycles. The van der Waals surface area contributed by atoms with E-state index in [1.54, 1.807) is 34.4 Å². The summed E-state index contributed by atoms with van der Waals surface area (Å²) in [5, 5.41) is 3.88. The van der Waals surface area contributed by atoms with Gasteiger partial charge in [-0.1, -0.05) is 6.07 Å². The smallest absolute Gasteiger partial charge is 0.321 e. The van der Waals surface area contributed by atoms with Crippen molar-refractivity contribution in [2.75, 3.05) is 23.8 Å². The van der Waals surface area contributed by atoms with Crippen LogP contribution in [0.4, 0.5) is 16.2 Å². The van der Waals surface area contributed by atoms with Crippen molar-refractivity contribution < 1.29 is 9.59 Å². The lowest BCUT2D eigenvalue weighted by Gasteiger charge is -2.27. The van der Waals surface area contributed by atoms with E-state index < -0.39 is 0 Å².